The number of pyridine rings is 1. The van der Waals surface area contributed by atoms with Crippen molar-refractivity contribution in [1.82, 2.24) is 4.98 Å². The fourth-order valence-corrected chi connectivity index (χ4v) is 3.51. The third-order valence-corrected chi connectivity index (χ3v) is 5.24. The van der Waals surface area contributed by atoms with Crippen LogP contribution < -0.4 is 14.4 Å². The summed E-state index contributed by atoms with van der Waals surface area (Å²) in [5.74, 6) is -0.330. The van der Waals surface area contributed by atoms with Crippen LogP contribution in [0.3, 0.4) is 0 Å². The molecule has 0 aliphatic rings. The first-order valence-corrected chi connectivity index (χ1v) is 12.2. The second-order valence-electron chi connectivity index (χ2n) is 7.45. The average molecular weight is 489 g/mol. The fraction of sp³-hybridized carbons (Fsp3) is 0.250. The maximum Gasteiger partial charge on any atom is 0.264 e. The Morgan fingerprint density at radius 3 is 2.53 bits per heavy atom. The van der Waals surface area contributed by atoms with Crippen LogP contribution in [0.15, 0.2) is 60.8 Å². The van der Waals surface area contributed by atoms with Gasteiger partial charge in [-0.15, -0.1) is 0 Å². The number of aromatic nitrogens is 1. The van der Waals surface area contributed by atoms with E-state index in [-0.39, 0.29) is 37.3 Å². The molecule has 1 amide bonds. The Hall–Kier alpha value is -3.50. The largest absolute Gasteiger partial charge is 0.491 e. The van der Waals surface area contributed by atoms with Crippen molar-refractivity contribution in [2.75, 3.05) is 24.4 Å². The van der Waals surface area contributed by atoms with Gasteiger partial charge in [-0.25, -0.2) is 9.37 Å². The summed E-state index contributed by atoms with van der Waals surface area (Å²) in [4.78, 5) is 18.3. The van der Waals surface area contributed by atoms with Gasteiger partial charge in [-0.1, -0.05) is 29.8 Å². The van der Waals surface area contributed by atoms with E-state index in [1.807, 2.05) is 19.1 Å². The van der Waals surface area contributed by atoms with Crippen molar-refractivity contribution in [3.8, 4) is 17.4 Å². The topological polar surface area (TPSA) is 95.0 Å². The van der Waals surface area contributed by atoms with Gasteiger partial charge in [0.2, 0.25) is 11.8 Å². The van der Waals surface area contributed by atoms with E-state index in [2.05, 4.69) is 4.98 Å². The highest BCUT2D eigenvalue weighted by Gasteiger charge is 2.21. The molecule has 34 heavy (non-hydrogen) atoms. The minimum Gasteiger partial charge on any atom is -0.491 e. The number of anilines is 1. The second-order valence-corrected chi connectivity index (χ2v) is 9.10. The zero-order valence-corrected chi connectivity index (χ0v) is 19.8. The van der Waals surface area contributed by atoms with Crippen molar-refractivity contribution in [1.29, 1.82) is 0 Å². The molecule has 0 radical (unpaired) electrons. The van der Waals surface area contributed by atoms with Gasteiger partial charge >= 0.3 is 0 Å². The predicted molar refractivity (Wildman–Crippen MR) is 125 cm³/mol. The Bertz CT molecular complexity index is 1270. The van der Waals surface area contributed by atoms with Crippen molar-refractivity contribution in [3.63, 3.8) is 0 Å². The SMILES string of the molecule is CC(=O)N(Cc1cc(C)ccc1OCCOS(C)(=O)=O)c1cccnc1Oc1ccccc1F. The highest BCUT2D eigenvalue weighted by atomic mass is 32.2. The molecule has 1 aromatic heterocycles. The molecular weight excluding hydrogens is 463 g/mol. The molecule has 1 heterocycles. The first-order valence-electron chi connectivity index (χ1n) is 10.4. The number of carbonyl (C=O) groups is 1. The molecule has 0 aliphatic carbocycles. The summed E-state index contributed by atoms with van der Waals surface area (Å²) in [6, 6.07) is 14.7. The third kappa shape index (κ3) is 7.00. The summed E-state index contributed by atoms with van der Waals surface area (Å²) >= 11 is 0. The monoisotopic (exact) mass is 488 g/mol. The highest BCUT2D eigenvalue weighted by molar-refractivity contribution is 7.85. The lowest BCUT2D eigenvalue weighted by atomic mass is 10.1. The average Bonchev–Trinajstić information content (AvgIpc) is 2.77. The van der Waals surface area contributed by atoms with Gasteiger partial charge in [0.15, 0.2) is 11.6 Å². The van der Waals surface area contributed by atoms with Gasteiger partial charge in [0, 0.05) is 18.7 Å². The number of aryl methyl sites for hydroxylation is 1. The van der Waals surface area contributed by atoms with Crippen molar-refractivity contribution < 1.29 is 31.3 Å². The Labute approximate surface area is 198 Å². The zero-order chi connectivity index (χ0) is 24.7. The number of para-hydroxylation sites is 1. The minimum absolute atomic E-state index is 0.00224. The Morgan fingerprint density at radius 1 is 1.06 bits per heavy atom. The van der Waals surface area contributed by atoms with E-state index < -0.39 is 15.9 Å². The summed E-state index contributed by atoms with van der Waals surface area (Å²) < 4.78 is 52.6. The van der Waals surface area contributed by atoms with Gasteiger partial charge in [0.25, 0.3) is 10.1 Å². The van der Waals surface area contributed by atoms with E-state index in [1.165, 1.54) is 30.2 Å². The van der Waals surface area contributed by atoms with E-state index in [1.54, 1.807) is 30.3 Å². The Kier molecular flexibility index (Phi) is 8.19. The molecule has 0 spiro atoms. The van der Waals surface area contributed by atoms with Crippen LogP contribution in [0.4, 0.5) is 10.1 Å². The Balaban J connectivity index is 1.87. The maximum absolute atomic E-state index is 14.1. The molecule has 0 saturated carbocycles. The molecule has 10 heteroatoms. The van der Waals surface area contributed by atoms with Crippen LogP contribution in [-0.2, 0) is 25.6 Å². The van der Waals surface area contributed by atoms with E-state index in [9.17, 15) is 17.6 Å². The number of hydrogen-bond donors (Lipinski definition) is 0. The third-order valence-electron chi connectivity index (χ3n) is 4.65. The molecule has 0 unspecified atom stereocenters. The first-order chi connectivity index (χ1) is 16.1. The van der Waals surface area contributed by atoms with Gasteiger partial charge in [-0.3, -0.25) is 8.98 Å². The number of benzene rings is 2. The van der Waals surface area contributed by atoms with E-state index >= 15 is 0 Å². The molecule has 180 valence electrons. The number of rotatable bonds is 10. The number of halogens is 1. The zero-order valence-electron chi connectivity index (χ0n) is 19.0. The number of nitrogens with zero attached hydrogens (tertiary/aromatic N) is 2. The normalized spacial score (nSPS) is 11.2. The van der Waals surface area contributed by atoms with Crippen LogP contribution >= 0.6 is 0 Å². The number of carbonyl (C=O) groups excluding carboxylic acids is 1. The van der Waals surface area contributed by atoms with Crippen LogP contribution in [0.2, 0.25) is 0 Å². The minimum atomic E-state index is -3.58. The van der Waals surface area contributed by atoms with Crippen molar-refractivity contribution in [3.05, 3.63) is 77.7 Å². The molecule has 0 aliphatic heterocycles. The van der Waals surface area contributed by atoms with Gasteiger partial charge in [0.05, 0.1) is 12.8 Å². The van der Waals surface area contributed by atoms with Crippen molar-refractivity contribution in [2.45, 2.75) is 20.4 Å². The molecular formula is C24H25FN2O6S. The van der Waals surface area contributed by atoms with E-state index in [0.29, 0.717) is 17.0 Å². The second kappa shape index (κ2) is 11.1. The number of hydrogen-bond acceptors (Lipinski definition) is 7. The van der Waals surface area contributed by atoms with Crippen molar-refractivity contribution >= 4 is 21.7 Å². The first kappa shape index (κ1) is 25.1. The van der Waals surface area contributed by atoms with Gasteiger partial charge < -0.3 is 14.4 Å². The maximum atomic E-state index is 14.1. The molecule has 0 fully saturated rings. The van der Waals surface area contributed by atoms with Crippen LogP contribution in [0.25, 0.3) is 0 Å². The summed E-state index contributed by atoms with van der Waals surface area (Å²) in [6.07, 6.45) is 2.45. The molecule has 3 aromatic rings. The lowest BCUT2D eigenvalue weighted by Crippen LogP contribution is -2.28. The van der Waals surface area contributed by atoms with Gasteiger partial charge in [0.1, 0.15) is 24.7 Å². The summed E-state index contributed by atoms with van der Waals surface area (Å²) in [5, 5.41) is 0. The van der Waals surface area contributed by atoms with Crippen molar-refractivity contribution in [2.24, 2.45) is 0 Å². The summed E-state index contributed by atoms with van der Waals surface area (Å²) in [5.41, 5.74) is 1.97. The Morgan fingerprint density at radius 2 is 1.82 bits per heavy atom. The van der Waals surface area contributed by atoms with Crippen LogP contribution in [0, 0.1) is 12.7 Å². The van der Waals surface area contributed by atoms with E-state index in [4.69, 9.17) is 13.7 Å². The van der Waals surface area contributed by atoms with Gasteiger partial charge in [-0.2, -0.15) is 8.42 Å². The number of ether oxygens (including phenoxy) is 2. The number of amides is 1. The molecule has 0 N–H and O–H groups in total. The summed E-state index contributed by atoms with van der Waals surface area (Å²) in [6.45, 7) is 3.26. The van der Waals surface area contributed by atoms with Crippen LogP contribution in [-0.4, -0.2) is 38.8 Å². The van der Waals surface area contributed by atoms with Crippen LogP contribution in [0.5, 0.6) is 17.4 Å². The highest BCUT2D eigenvalue weighted by Crippen LogP contribution is 2.33. The molecule has 0 bridgehead atoms. The quantitative estimate of drug-likeness (QED) is 0.311. The van der Waals surface area contributed by atoms with Crippen LogP contribution in [0.1, 0.15) is 18.1 Å². The lowest BCUT2D eigenvalue weighted by molar-refractivity contribution is -0.116. The standard InChI is InChI=1S/C24H25FN2O6S/c1-17-10-11-22(31-13-14-32-34(3,29)30)19(15-17)16-27(18(2)28)21-8-6-12-26-24(21)33-23-9-5-4-7-20(23)25/h4-12,15H,13-14,16H2,1-3H3. The molecule has 0 atom stereocenters. The van der Waals surface area contributed by atoms with E-state index in [0.717, 1.165) is 11.8 Å². The lowest BCUT2D eigenvalue weighted by Gasteiger charge is -2.24. The molecule has 2 aromatic carbocycles. The molecule has 8 nitrogen and oxygen atoms in total. The molecule has 3 rings (SSSR count). The smallest absolute Gasteiger partial charge is 0.264 e. The fourth-order valence-electron chi connectivity index (χ4n) is 3.14. The summed E-state index contributed by atoms with van der Waals surface area (Å²) in [7, 11) is -3.58. The predicted octanol–water partition coefficient (Wildman–Crippen LogP) is 4.23. The molecule has 0 saturated heterocycles. The van der Waals surface area contributed by atoms with Gasteiger partial charge in [-0.05, 0) is 37.3 Å².